The molecule has 22 heavy (non-hydrogen) atoms. The number of aliphatic hydroxyl groups is 1. The lowest BCUT2D eigenvalue weighted by Gasteiger charge is -2.57. The van der Waals surface area contributed by atoms with Crippen molar-refractivity contribution in [3.63, 3.8) is 0 Å². The molecular weight excluding hydrogens is 272 g/mol. The summed E-state index contributed by atoms with van der Waals surface area (Å²) < 4.78 is 0. The Morgan fingerprint density at radius 3 is 2.64 bits per heavy atom. The maximum absolute atomic E-state index is 10.0. The molecule has 122 valence electrons. The van der Waals surface area contributed by atoms with Gasteiger partial charge in [-0.1, -0.05) is 25.5 Å². The predicted molar refractivity (Wildman–Crippen MR) is 89.3 cm³/mol. The number of hydrogen-bond acceptors (Lipinski definition) is 3. The van der Waals surface area contributed by atoms with Crippen LogP contribution in [0.25, 0.3) is 0 Å². The third kappa shape index (κ3) is 1.81. The Hall–Kier alpha value is -0.830. The number of fused-ring (bicyclic) bond motifs is 5. The maximum atomic E-state index is 10.0. The van der Waals surface area contributed by atoms with Gasteiger partial charge >= 0.3 is 0 Å². The second kappa shape index (κ2) is 4.83. The van der Waals surface area contributed by atoms with E-state index in [0.29, 0.717) is 5.41 Å². The number of allylic oxidation sites excluding steroid dienone is 1. The first kappa shape index (κ1) is 14.7. The zero-order chi connectivity index (χ0) is 15.5. The lowest BCUT2D eigenvalue weighted by molar-refractivity contribution is -0.0209. The van der Waals surface area contributed by atoms with Crippen LogP contribution in [0.4, 0.5) is 0 Å². The summed E-state index contributed by atoms with van der Waals surface area (Å²) in [4.78, 5) is 0. The Morgan fingerprint density at radius 1 is 1.14 bits per heavy atom. The highest BCUT2D eigenvalue weighted by Gasteiger charge is 2.57. The molecule has 3 heteroatoms. The molecule has 0 aliphatic heterocycles. The number of rotatable bonds is 0. The molecule has 0 radical (unpaired) electrons. The summed E-state index contributed by atoms with van der Waals surface area (Å²) in [5.41, 5.74) is 3.43. The van der Waals surface area contributed by atoms with Gasteiger partial charge in [-0.25, -0.2) is 0 Å². The molecule has 0 aromatic heterocycles. The Labute approximate surface area is 134 Å². The topological polar surface area (TPSA) is 58.6 Å². The molecule has 4 rings (SSSR count). The van der Waals surface area contributed by atoms with E-state index in [1.165, 1.54) is 37.8 Å². The van der Waals surface area contributed by atoms with Crippen molar-refractivity contribution >= 4 is 5.71 Å². The lowest BCUT2D eigenvalue weighted by Crippen LogP contribution is -2.50. The van der Waals surface area contributed by atoms with Crippen molar-refractivity contribution in [3.8, 4) is 0 Å². The van der Waals surface area contributed by atoms with Gasteiger partial charge in [-0.2, -0.15) is 5.10 Å². The van der Waals surface area contributed by atoms with Gasteiger partial charge in [-0.05, 0) is 74.5 Å². The van der Waals surface area contributed by atoms with Gasteiger partial charge < -0.3 is 10.9 Å². The fourth-order valence-electron chi connectivity index (χ4n) is 6.64. The second-order valence-electron chi connectivity index (χ2n) is 8.73. The smallest absolute Gasteiger partial charge is 0.0577 e. The molecule has 0 saturated heterocycles. The average molecular weight is 302 g/mol. The van der Waals surface area contributed by atoms with Crippen molar-refractivity contribution in [2.75, 3.05) is 0 Å². The standard InChI is InChI=1S/C19H30N2O/c1-18-9-7-13(22)11-12(18)3-4-14-15-5-6-17(21-20)19(15,2)10-8-16(14)18/h3,13-16,22H,4-11,20H2,1-2H3/b21-17-/t13-,14-,15+,16-,18+,19+/m1/s1. The molecule has 3 N–H and O–H groups in total. The predicted octanol–water partition coefficient (Wildman–Crippen LogP) is 3.62. The van der Waals surface area contributed by atoms with Crippen molar-refractivity contribution in [1.29, 1.82) is 0 Å². The highest BCUT2D eigenvalue weighted by Crippen LogP contribution is 2.64. The van der Waals surface area contributed by atoms with Gasteiger partial charge in [0.05, 0.1) is 6.10 Å². The third-order valence-corrected chi connectivity index (χ3v) is 7.97. The van der Waals surface area contributed by atoms with Gasteiger partial charge in [0.2, 0.25) is 0 Å². The molecule has 3 saturated carbocycles. The molecule has 0 bridgehead atoms. The molecule has 0 heterocycles. The SMILES string of the molecule is C[C@]12CC[C@@H](O)CC1=CC[C@H]1[C@H]2CC[C@]2(C)/C(=N\N)CC[C@@H]12. The Bertz CT molecular complexity index is 540. The van der Waals surface area contributed by atoms with Crippen molar-refractivity contribution in [2.24, 2.45) is 39.5 Å². The first-order valence-corrected chi connectivity index (χ1v) is 9.14. The van der Waals surface area contributed by atoms with Gasteiger partial charge in [0.25, 0.3) is 0 Å². The minimum absolute atomic E-state index is 0.104. The number of hydrogen-bond donors (Lipinski definition) is 2. The molecule has 0 unspecified atom stereocenters. The summed E-state index contributed by atoms with van der Waals surface area (Å²) >= 11 is 0. The summed E-state index contributed by atoms with van der Waals surface area (Å²) in [6.07, 6.45) is 11.6. The van der Waals surface area contributed by atoms with Crippen LogP contribution in [0.2, 0.25) is 0 Å². The van der Waals surface area contributed by atoms with E-state index in [2.05, 4.69) is 25.0 Å². The van der Waals surface area contributed by atoms with Crippen LogP contribution in [0.3, 0.4) is 0 Å². The Morgan fingerprint density at radius 2 is 1.86 bits per heavy atom. The Kier molecular flexibility index (Phi) is 3.24. The summed E-state index contributed by atoms with van der Waals surface area (Å²) in [7, 11) is 0. The van der Waals surface area contributed by atoms with E-state index < -0.39 is 0 Å². The van der Waals surface area contributed by atoms with Gasteiger partial charge in [0.15, 0.2) is 0 Å². The molecule has 0 spiro atoms. The van der Waals surface area contributed by atoms with Crippen molar-refractivity contribution < 1.29 is 5.11 Å². The van der Waals surface area contributed by atoms with Gasteiger partial charge in [0.1, 0.15) is 0 Å². The molecule has 0 aromatic carbocycles. The molecule has 3 fully saturated rings. The van der Waals surface area contributed by atoms with E-state index in [0.717, 1.165) is 37.0 Å². The minimum atomic E-state index is -0.104. The molecule has 4 aliphatic carbocycles. The van der Waals surface area contributed by atoms with Crippen LogP contribution in [0, 0.1) is 28.6 Å². The van der Waals surface area contributed by atoms with E-state index in [1.54, 1.807) is 5.57 Å². The van der Waals surface area contributed by atoms with Gasteiger partial charge in [-0.3, -0.25) is 0 Å². The second-order valence-corrected chi connectivity index (χ2v) is 8.73. The van der Waals surface area contributed by atoms with Crippen LogP contribution >= 0.6 is 0 Å². The van der Waals surface area contributed by atoms with E-state index in [1.807, 2.05) is 0 Å². The summed E-state index contributed by atoms with van der Waals surface area (Å²) in [5, 5.41) is 14.2. The molecule has 0 amide bonds. The van der Waals surface area contributed by atoms with Crippen LogP contribution < -0.4 is 5.84 Å². The fraction of sp³-hybridized carbons (Fsp3) is 0.842. The molecule has 0 aromatic rings. The summed E-state index contributed by atoms with van der Waals surface area (Å²) in [5.74, 6) is 8.04. The van der Waals surface area contributed by atoms with Crippen LogP contribution in [-0.4, -0.2) is 16.9 Å². The average Bonchev–Trinajstić information content (AvgIpc) is 2.84. The first-order chi connectivity index (χ1) is 10.5. The summed E-state index contributed by atoms with van der Waals surface area (Å²) in [6, 6.07) is 0. The van der Waals surface area contributed by atoms with E-state index in [9.17, 15) is 5.11 Å². The van der Waals surface area contributed by atoms with Gasteiger partial charge in [-0.15, -0.1) is 0 Å². The number of hydrazone groups is 1. The molecule has 4 aliphatic rings. The number of nitrogens with zero attached hydrogens (tertiary/aromatic N) is 1. The third-order valence-electron chi connectivity index (χ3n) is 7.97. The zero-order valence-corrected chi connectivity index (χ0v) is 14.0. The van der Waals surface area contributed by atoms with E-state index in [4.69, 9.17) is 5.84 Å². The summed E-state index contributed by atoms with van der Waals surface area (Å²) in [6.45, 7) is 4.90. The van der Waals surface area contributed by atoms with E-state index in [-0.39, 0.29) is 11.5 Å². The highest BCUT2D eigenvalue weighted by molar-refractivity contribution is 5.92. The normalized spacial score (nSPS) is 52.7. The van der Waals surface area contributed by atoms with Crippen molar-refractivity contribution in [3.05, 3.63) is 11.6 Å². The van der Waals surface area contributed by atoms with Crippen LogP contribution in [-0.2, 0) is 0 Å². The van der Waals surface area contributed by atoms with Crippen molar-refractivity contribution in [2.45, 2.75) is 71.3 Å². The first-order valence-electron chi connectivity index (χ1n) is 9.14. The molecular formula is C19H30N2O. The number of aliphatic hydroxyl groups excluding tert-OH is 1. The molecule has 6 atom stereocenters. The lowest BCUT2D eigenvalue weighted by atomic mass is 9.48. The maximum Gasteiger partial charge on any atom is 0.0577 e. The van der Waals surface area contributed by atoms with Crippen LogP contribution in [0.1, 0.15) is 65.2 Å². The Balaban J connectivity index is 1.69. The molecule has 3 nitrogen and oxygen atoms in total. The minimum Gasteiger partial charge on any atom is -0.393 e. The highest BCUT2D eigenvalue weighted by atomic mass is 16.3. The van der Waals surface area contributed by atoms with Crippen LogP contribution in [0.15, 0.2) is 16.8 Å². The largest absolute Gasteiger partial charge is 0.393 e. The zero-order valence-electron chi connectivity index (χ0n) is 14.0. The van der Waals surface area contributed by atoms with Gasteiger partial charge in [0, 0.05) is 11.1 Å². The fourth-order valence-corrected chi connectivity index (χ4v) is 6.64. The van der Waals surface area contributed by atoms with Crippen molar-refractivity contribution in [1.82, 2.24) is 0 Å². The van der Waals surface area contributed by atoms with E-state index >= 15 is 0 Å². The number of nitrogens with two attached hydrogens (primary N) is 1. The van der Waals surface area contributed by atoms with Crippen LogP contribution in [0.5, 0.6) is 0 Å². The monoisotopic (exact) mass is 302 g/mol. The quantitative estimate of drug-likeness (QED) is 0.408.